The highest BCUT2D eigenvalue weighted by atomic mass is 35.5. The first-order chi connectivity index (χ1) is 11.0. The first-order valence-corrected chi connectivity index (χ1v) is 8.65. The first-order valence-electron chi connectivity index (χ1n) is 7.77. The fourth-order valence-corrected chi connectivity index (χ4v) is 4.16. The lowest BCUT2D eigenvalue weighted by Gasteiger charge is -2.29. The van der Waals surface area contributed by atoms with Gasteiger partial charge in [-0.2, -0.15) is 0 Å². The number of benzene rings is 1. The zero-order valence-corrected chi connectivity index (χ0v) is 15.4. The van der Waals surface area contributed by atoms with Crippen molar-refractivity contribution in [2.24, 2.45) is 5.73 Å². The highest BCUT2D eigenvalue weighted by molar-refractivity contribution is 7.13. The zero-order valence-electron chi connectivity index (χ0n) is 13.7. The molecule has 1 amide bonds. The van der Waals surface area contributed by atoms with Gasteiger partial charge in [0.05, 0.1) is 22.1 Å². The molecule has 1 saturated heterocycles. The Balaban J connectivity index is 0.00000208. The minimum Gasteiger partial charge on any atom is -0.508 e. The van der Waals surface area contributed by atoms with Gasteiger partial charge in [-0.1, -0.05) is 12.1 Å². The summed E-state index contributed by atoms with van der Waals surface area (Å²) in [7, 11) is 0. The lowest BCUT2D eigenvalue weighted by atomic mass is 10.0. The number of carbonyl (C=O) groups excluding carboxylic acids is 1. The van der Waals surface area contributed by atoms with Crippen molar-refractivity contribution in [3.63, 3.8) is 0 Å². The van der Waals surface area contributed by atoms with Crippen molar-refractivity contribution in [1.29, 1.82) is 0 Å². The van der Waals surface area contributed by atoms with E-state index in [1.807, 2.05) is 26.0 Å². The van der Waals surface area contributed by atoms with Gasteiger partial charge in [-0.05, 0) is 44.9 Å². The van der Waals surface area contributed by atoms with Crippen molar-refractivity contribution < 1.29 is 9.90 Å². The minimum atomic E-state index is -0.286. The average molecular weight is 368 g/mol. The molecule has 1 aromatic heterocycles. The Hall–Kier alpha value is -1.63. The monoisotopic (exact) mass is 367 g/mol. The van der Waals surface area contributed by atoms with Gasteiger partial charge in [0.1, 0.15) is 5.75 Å². The van der Waals surface area contributed by atoms with Crippen molar-refractivity contribution in [3.8, 4) is 16.2 Å². The zero-order chi connectivity index (χ0) is 16.6. The maximum absolute atomic E-state index is 11.6. The van der Waals surface area contributed by atoms with Gasteiger partial charge in [-0.15, -0.1) is 23.7 Å². The molecular weight excluding hydrogens is 346 g/mol. The van der Waals surface area contributed by atoms with Gasteiger partial charge < -0.3 is 10.8 Å². The number of hydrogen-bond donors (Lipinski definition) is 2. The van der Waals surface area contributed by atoms with Gasteiger partial charge in [0.25, 0.3) is 0 Å². The van der Waals surface area contributed by atoms with Crippen LogP contribution in [0.5, 0.6) is 5.75 Å². The third-order valence-electron chi connectivity index (χ3n) is 4.61. The molecule has 0 radical (unpaired) electrons. The van der Waals surface area contributed by atoms with Gasteiger partial charge in [0.2, 0.25) is 5.91 Å². The molecule has 1 aliphatic heterocycles. The van der Waals surface area contributed by atoms with E-state index in [9.17, 15) is 9.90 Å². The fraction of sp³-hybridized carbons (Fsp3) is 0.412. The van der Waals surface area contributed by atoms with Crippen molar-refractivity contribution in [2.45, 2.75) is 38.8 Å². The fourth-order valence-electron chi connectivity index (χ4n) is 3.35. The normalized spacial score (nSPS) is 19.0. The number of aromatic hydroxyl groups is 1. The summed E-state index contributed by atoms with van der Waals surface area (Å²) >= 11 is 1.56. The highest BCUT2D eigenvalue weighted by Crippen LogP contribution is 2.37. The SMILES string of the molecule is Cc1ncsc1-c1ccc([C@H](C)N2CCCC2C(N)=O)c(O)c1.Cl. The summed E-state index contributed by atoms with van der Waals surface area (Å²) in [5, 5.41) is 10.5. The van der Waals surface area contributed by atoms with Crippen LogP contribution >= 0.6 is 23.7 Å². The quantitative estimate of drug-likeness (QED) is 0.869. The topological polar surface area (TPSA) is 79.5 Å². The molecule has 1 aromatic carbocycles. The molecule has 0 aliphatic carbocycles. The molecule has 7 heteroatoms. The standard InChI is InChI=1S/C17H21N3O2S.ClH/c1-10-16(23-9-19-10)12-5-6-13(15(21)8-12)11(2)20-7-3-4-14(20)17(18)22;/h5-6,8-9,11,14,21H,3-4,7H2,1-2H3,(H2,18,22);1H/t11-,14?;/m0./s1. The Bertz CT molecular complexity index is 734. The molecule has 24 heavy (non-hydrogen) atoms. The average Bonchev–Trinajstić information content (AvgIpc) is 3.15. The highest BCUT2D eigenvalue weighted by Gasteiger charge is 2.33. The Morgan fingerprint density at radius 3 is 2.83 bits per heavy atom. The van der Waals surface area contributed by atoms with Gasteiger partial charge in [-0.25, -0.2) is 4.98 Å². The number of aromatic nitrogens is 1. The van der Waals surface area contributed by atoms with E-state index in [1.165, 1.54) is 0 Å². The van der Waals surface area contributed by atoms with Crippen molar-refractivity contribution in [2.75, 3.05) is 6.54 Å². The lowest BCUT2D eigenvalue weighted by molar-refractivity contribution is -0.122. The van der Waals surface area contributed by atoms with E-state index in [0.717, 1.165) is 41.1 Å². The van der Waals surface area contributed by atoms with Gasteiger partial charge in [0, 0.05) is 11.6 Å². The number of primary amides is 1. The molecule has 0 spiro atoms. The molecule has 1 unspecified atom stereocenters. The van der Waals surface area contributed by atoms with E-state index in [0.29, 0.717) is 0 Å². The number of thiazole rings is 1. The van der Waals surface area contributed by atoms with Crippen molar-refractivity contribution in [1.82, 2.24) is 9.88 Å². The molecule has 130 valence electrons. The Kier molecular flexibility index (Phi) is 5.85. The van der Waals surface area contributed by atoms with E-state index < -0.39 is 0 Å². The number of nitrogens with zero attached hydrogens (tertiary/aromatic N) is 2. The van der Waals surface area contributed by atoms with Gasteiger partial charge >= 0.3 is 0 Å². The van der Waals surface area contributed by atoms with Crippen LogP contribution in [0.15, 0.2) is 23.7 Å². The number of phenolic OH excluding ortho intramolecular Hbond substituents is 1. The summed E-state index contributed by atoms with van der Waals surface area (Å²) in [4.78, 5) is 19.0. The molecule has 0 bridgehead atoms. The third-order valence-corrected chi connectivity index (χ3v) is 5.59. The second kappa shape index (κ2) is 7.51. The molecule has 5 nitrogen and oxygen atoms in total. The predicted molar refractivity (Wildman–Crippen MR) is 98.5 cm³/mol. The molecule has 2 aromatic rings. The summed E-state index contributed by atoms with van der Waals surface area (Å²) in [5.41, 5.74) is 10.1. The van der Waals surface area contributed by atoms with Crippen LogP contribution in [0.1, 0.15) is 37.1 Å². The van der Waals surface area contributed by atoms with Crippen LogP contribution in [0, 0.1) is 6.92 Å². The van der Waals surface area contributed by atoms with Crippen LogP contribution < -0.4 is 5.73 Å². The van der Waals surface area contributed by atoms with Gasteiger partial charge in [0.15, 0.2) is 0 Å². The number of hydrogen-bond acceptors (Lipinski definition) is 5. The number of aryl methyl sites for hydroxylation is 1. The van der Waals surface area contributed by atoms with Gasteiger partial charge in [-0.3, -0.25) is 9.69 Å². The van der Waals surface area contributed by atoms with Crippen LogP contribution in [-0.4, -0.2) is 33.5 Å². The summed E-state index contributed by atoms with van der Waals surface area (Å²) < 4.78 is 0. The van der Waals surface area contributed by atoms with E-state index >= 15 is 0 Å². The van der Waals surface area contributed by atoms with E-state index in [2.05, 4.69) is 9.88 Å². The van der Waals surface area contributed by atoms with E-state index in [1.54, 1.807) is 22.9 Å². The molecule has 1 fully saturated rings. The van der Waals surface area contributed by atoms with E-state index in [-0.39, 0.29) is 36.1 Å². The van der Waals surface area contributed by atoms with Crippen LogP contribution in [0.2, 0.25) is 0 Å². The maximum atomic E-state index is 11.6. The number of halogens is 1. The summed E-state index contributed by atoms with van der Waals surface area (Å²) in [6, 6.07) is 5.42. The lowest BCUT2D eigenvalue weighted by Crippen LogP contribution is -2.41. The van der Waals surface area contributed by atoms with Crippen LogP contribution in [-0.2, 0) is 4.79 Å². The number of rotatable bonds is 4. The van der Waals surface area contributed by atoms with Crippen molar-refractivity contribution >= 4 is 29.7 Å². The Labute approximate surface area is 151 Å². The summed E-state index contributed by atoms with van der Waals surface area (Å²) in [6.45, 7) is 4.79. The number of nitrogens with two attached hydrogens (primary N) is 1. The molecule has 3 rings (SSSR count). The number of likely N-dealkylation sites (tertiary alicyclic amines) is 1. The van der Waals surface area contributed by atoms with Crippen LogP contribution in [0.25, 0.3) is 10.4 Å². The molecule has 3 N–H and O–H groups in total. The van der Waals surface area contributed by atoms with Crippen LogP contribution in [0.4, 0.5) is 0 Å². The second-order valence-corrected chi connectivity index (χ2v) is 6.87. The summed E-state index contributed by atoms with van der Waals surface area (Å²) in [6.07, 6.45) is 1.75. The Morgan fingerprint density at radius 1 is 1.50 bits per heavy atom. The third kappa shape index (κ3) is 3.41. The number of phenols is 1. The Morgan fingerprint density at radius 2 is 2.25 bits per heavy atom. The molecule has 0 saturated carbocycles. The number of amides is 1. The second-order valence-electron chi connectivity index (χ2n) is 6.01. The van der Waals surface area contributed by atoms with Crippen molar-refractivity contribution in [3.05, 3.63) is 35.0 Å². The first kappa shape index (κ1) is 18.7. The maximum Gasteiger partial charge on any atom is 0.234 e. The predicted octanol–water partition coefficient (Wildman–Crippen LogP) is 3.26. The minimum absolute atomic E-state index is 0. The van der Waals surface area contributed by atoms with E-state index in [4.69, 9.17) is 5.73 Å². The van der Waals surface area contributed by atoms with Crippen LogP contribution in [0.3, 0.4) is 0 Å². The molecule has 1 aliphatic rings. The molecule has 2 heterocycles. The molecule has 2 atom stereocenters. The number of carbonyl (C=O) groups is 1. The smallest absolute Gasteiger partial charge is 0.234 e. The summed E-state index contributed by atoms with van der Waals surface area (Å²) in [5.74, 6) is -0.0383. The molecular formula is C17H22ClN3O2S. The largest absolute Gasteiger partial charge is 0.508 e.